The van der Waals surface area contributed by atoms with Crippen LogP contribution in [0.15, 0.2) is 22.7 Å². The van der Waals surface area contributed by atoms with Crippen LogP contribution in [-0.4, -0.2) is 9.97 Å². The summed E-state index contributed by atoms with van der Waals surface area (Å²) in [6, 6.07) is 4.58. The van der Waals surface area contributed by atoms with Gasteiger partial charge in [-0.15, -0.1) is 0 Å². The first-order chi connectivity index (χ1) is 9.56. The van der Waals surface area contributed by atoms with Crippen molar-refractivity contribution in [1.82, 2.24) is 15.3 Å². The molecular formula is C15H15BrFN3. The van der Waals surface area contributed by atoms with Crippen LogP contribution in [0.2, 0.25) is 0 Å². The van der Waals surface area contributed by atoms with Crippen molar-refractivity contribution < 1.29 is 4.39 Å². The number of nitrogens with zero attached hydrogens (tertiary/aromatic N) is 2. The van der Waals surface area contributed by atoms with E-state index in [-0.39, 0.29) is 5.82 Å². The SMILES string of the molecule is CC(C)c1nc(-c2cc(F)ccc2Br)nc2c1CNC2. The largest absolute Gasteiger partial charge is 0.307 e. The molecule has 104 valence electrons. The van der Waals surface area contributed by atoms with Crippen LogP contribution in [0.1, 0.15) is 36.7 Å². The van der Waals surface area contributed by atoms with E-state index in [1.807, 2.05) is 0 Å². The summed E-state index contributed by atoms with van der Waals surface area (Å²) in [6.45, 7) is 5.79. The first kappa shape index (κ1) is 13.6. The van der Waals surface area contributed by atoms with Gasteiger partial charge in [0.05, 0.1) is 11.4 Å². The van der Waals surface area contributed by atoms with Gasteiger partial charge in [0, 0.05) is 28.7 Å². The second-order valence-electron chi connectivity index (χ2n) is 5.24. The molecule has 2 heterocycles. The number of halogens is 2. The zero-order valence-corrected chi connectivity index (χ0v) is 13.0. The Kier molecular flexibility index (Phi) is 3.56. The second kappa shape index (κ2) is 5.22. The zero-order valence-electron chi connectivity index (χ0n) is 11.4. The van der Waals surface area contributed by atoms with Crippen molar-refractivity contribution in [3.8, 4) is 11.4 Å². The molecule has 0 saturated heterocycles. The monoisotopic (exact) mass is 335 g/mol. The van der Waals surface area contributed by atoms with Crippen LogP contribution in [0.3, 0.4) is 0 Å². The van der Waals surface area contributed by atoms with Crippen molar-refractivity contribution >= 4 is 15.9 Å². The second-order valence-corrected chi connectivity index (χ2v) is 6.09. The molecule has 1 aromatic heterocycles. The molecule has 0 atom stereocenters. The number of benzene rings is 1. The molecule has 0 fully saturated rings. The lowest BCUT2D eigenvalue weighted by molar-refractivity contribution is 0.628. The summed E-state index contributed by atoms with van der Waals surface area (Å²) >= 11 is 3.45. The molecule has 0 saturated carbocycles. The number of rotatable bonds is 2. The van der Waals surface area contributed by atoms with Crippen LogP contribution in [-0.2, 0) is 13.1 Å². The summed E-state index contributed by atoms with van der Waals surface area (Å²) in [5, 5.41) is 3.30. The van der Waals surface area contributed by atoms with Crippen LogP contribution in [0.4, 0.5) is 4.39 Å². The van der Waals surface area contributed by atoms with Gasteiger partial charge >= 0.3 is 0 Å². The summed E-state index contributed by atoms with van der Waals surface area (Å²) in [6.07, 6.45) is 0. The maximum Gasteiger partial charge on any atom is 0.160 e. The molecule has 0 bridgehead atoms. The summed E-state index contributed by atoms with van der Waals surface area (Å²) in [5.41, 5.74) is 3.96. The summed E-state index contributed by atoms with van der Waals surface area (Å²) in [5.74, 6) is 0.622. The number of nitrogens with one attached hydrogen (secondary N) is 1. The Morgan fingerprint density at radius 1 is 1.25 bits per heavy atom. The Bertz CT molecular complexity index is 670. The van der Waals surface area contributed by atoms with E-state index in [9.17, 15) is 4.39 Å². The van der Waals surface area contributed by atoms with E-state index in [0.29, 0.717) is 17.3 Å². The van der Waals surface area contributed by atoms with Crippen molar-refractivity contribution in [3.63, 3.8) is 0 Å². The number of hydrogen-bond acceptors (Lipinski definition) is 3. The highest BCUT2D eigenvalue weighted by molar-refractivity contribution is 9.10. The maximum absolute atomic E-state index is 13.5. The molecular weight excluding hydrogens is 321 g/mol. The van der Waals surface area contributed by atoms with Gasteiger partial charge in [0.15, 0.2) is 5.82 Å². The van der Waals surface area contributed by atoms with Gasteiger partial charge in [-0.05, 0) is 24.1 Å². The third-order valence-corrected chi connectivity index (χ3v) is 4.13. The molecule has 1 aliphatic heterocycles. The van der Waals surface area contributed by atoms with E-state index in [1.54, 1.807) is 6.07 Å². The Morgan fingerprint density at radius 2 is 2.05 bits per heavy atom. The highest BCUT2D eigenvalue weighted by atomic mass is 79.9. The summed E-state index contributed by atoms with van der Waals surface area (Å²) < 4.78 is 14.3. The highest BCUT2D eigenvalue weighted by Crippen LogP contribution is 2.30. The first-order valence-corrected chi connectivity index (χ1v) is 7.41. The summed E-state index contributed by atoms with van der Waals surface area (Å²) in [4.78, 5) is 9.27. The fourth-order valence-electron chi connectivity index (χ4n) is 2.46. The first-order valence-electron chi connectivity index (χ1n) is 6.62. The van der Waals surface area contributed by atoms with Crippen molar-refractivity contribution in [2.45, 2.75) is 32.9 Å². The lowest BCUT2D eigenvalue weighted by atomic mass is 10.0. The Balaban J connectivity index is 2.20. The van der Waals surface area contributed by atoms with Crippen LogP contribution in [0.25, 0.3) is 11.4 Å². The minimum absolute atomic E-state index is 0.281. The predicted octanol–water partition coefficient (Wildman–Crippen LogP) is 3.77. The van der Waals surface area contributed by atoms with E-state index in [1.165, 1.54) is 17.7 Å². The molecule has 0 amide bonds. The highest BCUT2D eigenvalue weighted by Gasteiger charge is 2.21. The Morgan fingerprint density at radius 3 is 2.80 bits per heavy atom. The lowest BCUT2D eigenvalue weighted by Gasteiger charge is -2.13. The standard InChI is InChI=1S/C15H15BrFN3/c1-8(2)14-11-6-18-7-13(11)19-15(20-14)10-5-9(17)3-4-12(10)16/h3-5,8,18H,6-7H2,1-2H3. The fraction of sp³-hybridized carbons (Fsp3) is 0.333. The third-order valence-electron chi connectivity index (χ3n) is 3.44. The minimum atomic E-state index is -0.281. The topological polar surface area (TPSA) is 37.8 Å². The van der Waals surface area contributed by atoms with Crippen LogP contribution in [0.5, 0.6) is 0 Å². The minimum Gasteiger partial charge on any atom is -0.307 e. The molecule has 5 heteroatoms. The van der Waals surface area contributed by atoms with Gasteiger partial charge in [-0.25, -0.2) is 14.4 Å². The van der Waals surface area contributed by atoms with E-state index in [2.05, 4.69) is 45.1 Å². The average Bonchev–Trinajstić information content (AvgIpc) is 2.88. The molecule has 3 rings (SSSR count). The Labute approximate surface area is 125 Å². The van der Waals surface area contributed by atoms with Crippen molar-refractivity contribution in [3.05, 3.63) is 45.4 Å². The molecule has 1 aliphatic rings. The van der Waals surface area contributed by atoms with Gasteiger partial charge in [-0.3, -0.25) is 0 Å². The molecule has 20 heavy (non-hydrogen) atoms. The van der Waals surface area contributed by atoms with Gasteiger partial charge in [-0.2, -0.15) is 0 Å². The molecule has 3 nitrogen and oxygen atoms in total. The van der Waals surface area contributed by atoms with Crippen molar-refractivity contribution in [1.29, 1.82) is 0 Å². The van der Waals surface area contributed by atoms with E-state index in [4.69, 9.17) is 0 Å². The quantitative estimate of drug-likeness (QED) is 0.907. The molecule has 0 unspecified atom stereocenters. The van der Waals surface area contributed by atoms with Crippen molar-refractivity contribution in [2.24, 2.45) is 0 Å². The van der Waals surface area contributed by atoms with Crippen molar-refractivity contribution in [2.75, 3.05) is 0 Å². The third kappa shape index (κ3) is 2.36. The zero-order chi connectivity index (χ0) is 14.3. The van der Waals surface area contributed by atoms with E-state index in [0.717, 1.165) is 29.0 Å². The molecule has 1 aromatic carbocycles. The average molecular weight is 336 g/mol. The summed E-state index contributed by atoms with van der Waals surface area (Å²) in [7, 11) is 0. The van der Waals surface area contributed by atoms with E-state index < -0.39 is 0 Å². The van der Waals surface area contributed by atoms with Crippen LogP contribution in [0, 0.1) is 5.82 Å². The molecule has 0 radical (unpaired) electrons. The molecule has 0 spiro atoms. The number of fused-ring (bicyclic) bond motifs is 1. The van der Waals surface area contributed by atoms with E-state index >= 15 is 0 Å². The number of hydrogen-bond donors (Lipinski definition) is 1. The molecule has 1 N–H and O–H groups in total. The molecule has 2 aromatic rings. The van der Waals surface area contributed by atoms with Gasteiger partial charge in [0.2, 0.25) is 0 Å². The lowest BCUT2D eigenvalue weighted by Crippen LogP contribution is -2.05. The predicted molar refractivity (Wildman–Crippen MR) is 79.8 cm³/mol. The van der Waals surface area contributed by atoms with Crippen LogP contribution < -0.4 is 5.32 Å². The Hall–Kier alpha value is -1.33. The maximum atomic E-state index is 13.5. The number of aromatic nitrogens is 2. The van der Waals surface area contributed by atoms with Crippen LogP contribution >= 0.6 is 15.9 Å². The molecule has 0 aliphatic carbocycles. The van der Waals surface area contributed by atoms with Gasteiger partial charge in [0.25, 0.3) is 0 Å². The van der Waals surface area contributed by atoms with Gasteiger partial charge in [-0.1, -0.05) is 29.8 Å². The smallest absolute Gasteiger partial charge is 0.160 e. The normalized spacial score (nSPS) is 13.8. The fourth-order valence-corrected chi connectivity index (χ4v) is 2.89. The van der Waals surface area contributed by atoms with Gasteiger partial charge < -0.3 is 5.32 Å². The van der Waals surface area contributed by atoms with Gasteiger partial charge in [0.1, 0.15) is 5.82 Å².